The first-order chi connectivity index (χ1) is 11.1. The second kappa shape index (κ2) is 4.85. The minimum Gasteiger partial charge on any atom is -0.508 e. The fourth-order valence-corrected chi connectivity index (χ4v) is 6.73. The first-order valence-electron chi connectivity index (χ1n) is 9.25. The number of hydrogen-bond acceptors (Lipinski definition) is 3. The lowest BCUT2D eigenvalue weighted by Gasteiger charge is -2.59. The normalized spacial score (nSPS) is 59.3. The maximum Gasteiger partial charge on any atom is 0.134 e. The van der Waals surface area contributed by atoms with Gasteiger partial charge in [0.05, 0.1) is 12.2 Å². The van der Waals surface area contributed by atoms with Crippen molar-refractivity contribution in [1.29, 1.82) is 0 Å². The Hall–Kier alpha value is -0.870. The van der Waals surface area contributed by atoms with Gasteiger partial charge in [0.1, 0.15) is 11.4 Å². The third-order valence-corrected chi connectivity index (χ3v) is 8.11. The molecule has 4 heteroatoms. The molecule has 3 saturated carbocycles. The lowest BCUT2D eigenvalue weighted by atomic mass is 9.46. The van der Waals surface area contributed by atoms with E-state index in [2.05, 4.69) is 13.0 Å². The highest BCUT2D eigenvalue weighted by atomic mass is 19.1. The largest absolute Gasteiger partial charge is 0.508 e. The Morgan fingerprint density at radius 1 is 1.17 bits per heavy atom. The molecule has 0 aliphatic heterocycles. The molecule has 0 radical (unpaired) electrons. The highest BCUT2D eigenvalue weighted by Crippen LogP contribution is 2.66. The first kappa shape index (κ1) is 16.6. The molecular weight excluding hydrogens is 307 g/mol. The van der Waals surface area contributed by atoms with Crippen LogP contribution < -0.4 is 0 Å². The highest BCUT2D eigenvalue weighted by molar-refractivity contribution is 5.28. The van der Waals surface area contributed by atoms with Crippen LogP contribution in [0.1, 0.15) is 46.5 Å². The predicted molar refractivity (Wildman–Crippen MR) is 90.0 cm³/mol. The van der Waals surface area contributed by atoms with Crippen molar-refractivity contribution >= 4 is 0 Å². The van der Waals surface area contributed by atoms with Gasteiger partial charge in [-0.3, -0.25) is 0 Å². The lowest BCUT2D eigenvalue weighted by Crippen LogP contribution is -2.57. The number of alkyl halides is 1. The summed E-state index contributed by atoms with van der Waals surface area (Å²) in [6.07, 6.45) is 6.86. The topological polar surface area (TPSA) is 60.7 Å². The molecule has 0 aromatic rings. The lowest BCUT2D eigenvalue weighted by molar-refractivity contribution is -0.140. The average Bonchev–Trinajstić information content (AvgIpc) is 2.69. The SMILES string of the molecule is C[C@]12C=CC(O)=C[C@@H]1C[C@H](O)[C@@H]1[C@@H]2CC[C@]2(C)[C@@H](O)[C@](C)(F)C[C@@H]12. The van der Waals surface area contributed by atoms with Crippen LogP contribution in [0.5, 0.6) is 0 Å². The number of hydrogen-bond donors (Lipinski definition) is 3. The Morgan fingerprint density at radius 2 is 1.88 bits per heavy atom. The summed E-state index contributed by atoms with van der Waals surface area (Å²) in [5, 5.41) is 31.4. The van der Waals surface area contributed by atoms with Crippen molar-refractivity contribution in [3.63, 3.8) is 0 Å². The molecule has 0 spiro atoms. The molecule has 0 saturated heterocycles. The summed E-state index contributed by atoms with van der Waals surface area (Å²) >= 11 is 0. The maximum absolute atomic E-state index is 14.9. The van der Waals surface area contributed by atoms with Crippen molar-refractivity contribution in [2.45, 2.75) is 64.3 Å². The smallest absolute Gasteiger partial charge is 0.134 e. The van der Waals surface area contributed by atoms with Crippen LogP contribution in [0.25, 0.3) is 0 Å². The van der Waals surface area contributed by atoms with E-state index in [4.69, 9.17) is 0 Å². The van der Waals surface area contributed by atoms with E-state index in [9.17, 15) is 19.7 Å². The Kier molecular flexibility index (Phi) is 3.35. The monoisotopic (exact) mass is 336 g/mol. The van der Waals surface area contributed by atoms with E-state index in [0.29, 0.717) is 12.8 Å². The second-order valence-corrected chi connectivity index (χ2v) is 9.42. The molecule has 3 fully saturated rings. The summed E-state index contributed by atoms with van der Waals surface area (Å²) in [7, 11) is 0. The first-order valence-corrected chi connectivity index (χ1v) is 9.25. The third-order valence-electron chi connectivity index (χ3n) is 8.11. The zero-order chi connectivity index (χ0) is 17.5. The fraction of sp³-hybridized carbons (Fsp3) is 0.800. The van der Waals surface area contributed by atoms with Crippen LogP contribution in [0.15, 0.2) is 24.0 Å². The van der Waals surface area contributed by atoms with Crippen molar-refractivity contribution < 1.29 is 19.7 Å². The van der Waals surface area contributed by atoms with Crippen molar-refractivity contribution in [3.8, 4) is 0 Å². The molecular formula is C20H29FO3. The quantitative estimate of drug-likeness (QED) is 0.634. The second-order valence-electron chi connectivity index (χ2n) is 9.42. The van der Waals surface area contributed by atoms with Gasteiger partial charge in [0, 0.05) is 0 Å². The van der Waals surface area contributed by atoms with Crippen LogP contribution in [0.4, 0.5) is 4.39 Å². The van der Waals surface area contributed by atoms with Gasteiger partial charge in [0.15, 0.2) is 0 Å². The standard InChI is InChI=1S/C20H29FO3/c1-18-6-4-12(22)8-11(18)9-15(23)16-13(18)5-7-19(2)14(16)10-20(3,21)17(19)24/h4,6,8,11,13-17,22-24H,5,7,9-10H2,1-3H3/t11-,13+,14+,15+,16-,17-,18+,19+,20-/m1/s1. The molecule has 4 aliphatic rings. The van der Waals surface area contributed by atoms with Gasteiger partial charge in [-0.1, -0.05) is 19.9 Å². The number of aliphatic hydroxyl groups is 3. The van der Waals surface area contributed by atoms with Crippen LogP contribution in [0, 0.1) is 34.5 Å². The van der Waals surface area contributed by atoms with Gasteiger partial charge in [-0.25, -0.2) is 4.39 Å². The molecule has 9 atom stereocenters. The Bertz CT molecular complexity index is 612. The van der Waals surface area contributed by atoms with Crippen LogP contribution in [-0.2, 0) is 0 Å². The summed E-state index contributed by atoms with van der Waals surface area (Å²) in [5.74, 6) is 0.658. The highest BCUT2D eigenvalue weighted by Gasteiger charge is 2.66. The van der Waals surface area contributed by atoms with E-state index in [0.717, 1.165) is 12.8 Å². The number of aliphatic hydroxyl groups excluding tert-OH is 3. The summed E-state index contributed by atoms with van der Waals surface area (Å²) in [5.41, 5.74) is -2.14. The van der Waals surface area contributed by atoms with E-state index in [1.165, 1.54) is 6.92 Å². The molecule has 0 aromatic carbocycles. The van der Waals surface area contributed by atoms with Crippen molar-refractivity contribution in [2.75, 3.05) is 0 Å². The number of rotatable bonds is 0. The van der Waals surface area contributed by atoms with Gasteiger partial charge in [-0.15, -0.1) is 0 Å². The summed E-state index contributed by atoms with van der Waals surface area (Å²) < 4.78 is 14.9. The third kappa shape index (κ3) is 1.96. The van der Waals surface area contributed by atoms with Gasteiger partial charge in [-0.2, -0.15) is 0 Å². The van der Waals surface area contributed by atoms with E-state index in [1.54, 1.807) is 6.08 Å². The molecule has 24 heavy (non-hydrogen) atoms. The minimum absolute atomic E-state index is 0.00179. The van der Waals surface area contributed by atoms with Gasteiger partial charge in [-0.05, 0) is 79.3 Å². The summed E-state index contributed by atoms with van der Waals surface area (Å²) in [6.45, 7) is 5.73. The molecule has 0 bridgehead atoms. The van der Waals surface area contributed by atoms with Crippen molar-refractivity contribution in [1.82, 2.24) is 0 Å². The number of allylic oxidation sites excluding steroid dienone is 3. The van der Waals surface area contributed by atoms with Crippen LogP contribution in [0.2, 0.25) is 0 Å². The maximum atomic E-state index is 14.9. The van der Waals surface area contributed by atoms with Gasteiger partial charge in [0.2, 0.25) is 0 Å². The van der Waals surface area contributed by atoms with Crippen LogP contribution >= 0.6 is 0 Å². The number of fused-ring (bicyclic) bond motifs is 5. The zero-order valence-electron chi connectivity index (χ0n) is 14.7. The molecule has 0 unspecified atom stereocenters. The fourth-order valence-electron chi connectivity index (χ4n) is 6.73. The molecule has 134 valence electrons. The summed E-state index contributed by atoms with van der Waals surface area (Å²) in [4.78, 5) is 0. The average molecular weight is 336 g/mol. The van der Waals surface area contributed by atoms with E-state index in [1.807, 2.05) is 13.0 Å². The molecule has 4 rings (SSSR count). The van der Waals surface area contributed by atoms with Crippen molar-refractivity contribution in [3.05, 3.63) is 24.0 Å². The van der Waals surface area contributed by atoms with Gasteiger partial charge < -0.3 is 15.3 Å². The Balaban J connectivity index is 1.74. The predicted octanol–water partition coefficient (Wildman–Crippen LogP) is 3.53. The molecule has 0 aromatic heterocycles. The Morgan fingerprint density at radius 3 is 2.58 bits per heavy atom. The van der Waals surface area contributed by atoms with Crippen LogP contribution in [0.3, 0.4) is 0 Å². The van der Waals surface area contributed by atoms with Gasteiger partial charge in [0.25, 0.3) is 0 Å². The minimum atomic E-state index is -1.58. The van der Waals surface area contributed by atoms with Crippen LogP contribution in [-0.4, -0.2) is 33.2 Å². The van der Waals surface area contributed by atoms with Gasteiger partial charge >= 0.3 is 0 Å². The zero-order valence-corrected chi connectivity index (χ0v) is 14.7. The molecule has 0 heterocycles. The molecule has 4 aliphatic carbocycles. The molecule has 3 N–H and O–H groups in total. The molecule has 0 amide bonds. The van der Waals surface area contributed by atoms with E-state index < -0.39 is 23.3 Å². The van der Waals surface area contributed by atoms with E-state index >= 15 is 0 Å². The van der Waals surface area contributed by atoms with Crippen molar-refractivity contribution in [2.24, 2.45) is 34.5 Å². The Labute approximate surface area is 143 Å². The van der Waals surface area contributed by atoms with E-state index in [-0.39, 0.29) is 34.8 Å². The molecule has 3 nitrogen and oxygen atoms in total. The number of halogens is 1. The summed E-state index contributed by atoms with van der Waals surface area (Å²) in [6, 6.07) is 0.